The monoisotopic (exact) mass is 631 g/mol. The molecule has 0 aromatic heterocycles. The summed E-state index contributed by atoms with van der Waals surface area (Å²) >= 11 is 0. The first-order chi connectivity index (χ1) is 20.9. The number of aliphatic hydroxyl groups excluding tert-OH is 10. The summed E-state index contributed by atoms with van der Waals surface area (Å²) in [5.74, 6) is -0.479. The van der Waals surface area contributed by atoms with Gasteiger partial charge in [-0.2, -0.15) is 5.26 Å². The minimum absolute atomic E-state index is 0.219. The third-order valence-electron chi connectivity index (χ3n) is 7.94. The predicted octanol–water partition coefficient (Wildman–Crippen LogP) is -5.38. The van der Waals surface area contributed by atoms with Crippen molar-refractivity contribution in [2.75, 3.05) is 19.8 Å². The molecular formula is C27H37NO16. The molecule has 44 heavy (non-hydrogen) atoms. The molecule has 3 heterocycles. The molecule has 17 heteroatoms. The Balaban J connectivity index is 1.42. The molecule has 0 radical (unpaired) electrons. The number of ether oxygens (including phenoxy) is 5. The van der Waals surface area contributed by atoms with E-state index in [1.54, 1.807) is 0 Å². The summed E-state index contributed by atoms with van der Waals surface area (Å²) in [6.45, 7) is -2.38. The van der Waals surface area contributed by atoms with E-state index in [2.05, 4.69) is 0 Å². The van der Waals surface area contributed by atoms with Gasteiger partial charge < -0.3 is 74.7 Å². The molecule has 15 atom stereocenters. The number of aliphatic hydroxyl groups is 10. The second kappa shape index (κ2) is 14.9. The Bertz CT molecular complexity index is 1130. The molecule has 3 aliphatic heterocycles. The van der Waals surface area contributed by atoms with Gasteiger partial charge in [0.05, 0.1) is 37.6 Å². The molecule has 1 aromatic rings. The zero-order valence-corrected chi connectivity index (χ0v) is 23.2. The Labute approximate surface area is 250 Å². The van der Waals surface area contributed by atoms with Crippen LogP contribution < -0.4 is 0 Å². The predicted molar refractivity (Wildman–Crippen MR) is 139 cm³/mol. The summed E-state index contributed by atoms with van der Waals surface area (Å²) in [6, 6.07) is 7.63. The van der Waals surface area contributed by atoms with E-state index in [0.29, 0.717) is 5.56 Å². The summed E-state index contributed by atoms with van der Waals surface area (Å²) in [5, 5.41) is 112. The lowest BCUT2D eigenvalue weighted by Crippen LogP contribution is -2.66. The fourth-order valence-corrected chi connectivity index (χ4v) is 5.35. The average Bonchev–Trinajstić information content (AvgIpc) is 3.03. The van der Waals surface area contributed by atoms with Crippen molar-refractivity contribution in [3.05, 3.63) is 35.4 Å². The molecule has 0 aliphatic carbocycles. The second-order valence-electron chi connectivity index (χ2n) is 10.8. The molecule has 10 N–H and O–H groups in total. The summed E-state index contributed by atoms with van der Waals surface area (Å²) in [6.07, 6.45) is -25.3. The third-order valence-corrected chi connectivity index (χ3v) is 7.94. The number of ketones is 1. The highest BCUT2D eigenvalue weighted by atomic mass is 16.7. The highest BCUT2D eigenvalue weighted by molar-refractivity contribution is 5.96. The van der Waals surface area contributed by atoms with Crippen LogP contribution in [0, 0.1) is 11.3 Å². The van der Waals surface area contributed by atoms with E-state index < -0.39 is 124 Å². The van der Waals surface area contributed by atoms with Crippen LogP contribution in [-0.4, -0.2) is 169 Å². The molecule has 0 saturated carbocycles. The normalized spacial score (nSPS) is 42.9. The van der Waals surface area contributed by atoms with Crippen LogP contribution in [0.4, 0.5) is 0 Å². The number of carbonyl (C=O) groups is 1. The van der Waals surface area contributed by atoms with Crippen molar-refractivity contribution in [3.8, 4) is 6.07 Å². The van der Waals surface area contributed by atoms with Crippen molar-refractivity contribution >= 4 is 5.78 Å². The molecule has 3 saturated heterocycles. The van der Waals surface area contributed by atoms with Gasteiger partial charge in [-0.1, -0.05) is 12.1 Å². The summed E-state index contributed by atoms with van der Waals surface area (Å²) in [5.41, 5.74) is 0.551. The Morgan fingerprint density at radius 1 is 0.636 bits per heavy atom. The van der Waals surface area contributed by atoms with Crippen molar-refractivity contribution in [1.82, 2.24) is 0 Å². The fourth-order valence-electron chi connectivity index (χ4n) is 5.35. The Morgan fingerprint density at radius 3 is 1.61 bits per heavy atom. The molecule has 3 aliphatic rings. The van der Waals surface area contributed by atoms with Crippen LogP contribution in [0.5, 0.6) is 0 Å². The van der Waals surface area contributed by atoms with Gasteiger partial charge in [0.15, 0.2) is 18.4 Å². The lowest BCUT2D eigenvalue weighted by molar-refractivity contribution is -0.372. The number of benzene rings is 1. The Hall–Kier alpha value is -2.22. The zero-order chi connectivity index (χ0) is 32.3. The smallest absolute Gasteiger partial charge is 0.187 e. The average molecular weight is 632 g/mol. The summed E-state index contributed by atoms with van der Waals surface area (Å²) < 4.78 is 27.6. The largest absolute Gasteiger partial charge is 0.394 e. The number of hydrogen-bond acceptors (Lipinski definition) is 17. The van der Waals surface area contributed by atoms with Gasteiger partial charge >= 0.3 is 0 Å². The van der Waals surface area contributed by atoms with Crippen LogP contribution in [0.25, 0.3) is 0 Å². The molecule has 6 unspecified atom stereocenters. The SMILES string of the molecule is N#Cc1ccc(C(=O)C[C@@H]2OC(CO)[C@@H](O[C@H]3OC(CO)[C@@H](O[C@H]4OC(CO)[C@@H](O)C(O)[C@@H]4O)C(O)[C@@H]3O)C(O)[C@@H]2O)cc1. The highest BCUT2D eigenvalue weighted by Crippen LogP contribution is 2.33. The lowest BCUT2D eigenvalue weighted by Gasteiger charge is -2.48. The van der Waals surface area contributed by atoms with Crippen molar-refractivity contribution in [2.24, 2.45) is 0 Å². The minimum Gasteiger partial charge on any atom is -0.394 e. The van der Waals surface area contributed by atoms with Crippen LogP contribution in [0.3, 0.4) is 0 Å². The van der Waals surface area contributed by atoms with Crippen LogP contribution in [0.15, 0.2) is 24.3 Å². The van der Waals surface area contributed by atoms with E-state index in [1.807, 2.05) is 6.07 Å². The third kappa shape index (κ3) is 7.10. The van der Waals surface area contributed by atoms with E-state index in [1.165, 1.54) is 24.3 Å². The molecular weight excluding hydrogens is 594 g/mol. The standard InChI is InChI=1S/C27H37NO16/c28-6-10-1-3-11(4-2-10)12(32)5-13-17(33)20(36)24(15(8-30)40-13)43-27-23(39)21(37)25(16(9-31)42-27)44-26-22(38)19(35)18(34)14(7-29)41-26/h1-4,13-27,29-31,33-39H,5,7-9H2/t13-,14?,15?,16?,17+,18+,19?,20?,21?,22-,23-,24+,25+,26+,27+/m0/s1. The molecule has 0 amide bonds. The Kier molecular flexibility index (Phi) is 11.7. The van der Waals surface area contributed by atoms with Crippen LogP contribution >= 0.6 is 0 Å². The molecule has 0 spiro atoms. The number of carbonyl (C=O) groups excluding carboxylic acids is 1. The quantitative estimate of drug-likeness (QED) is 0.108. The van der Waals surface area contributed by atoms with E-state index in [-0.39, 0.29) is 5.56 Å². The second-order valence-corrected chi connectivity index (χ2v) is 10.8. The number of hydrogen-bond donors (Lipinski definition) is 10. The maximum Gasteiger partial charge on any atom is 0.187 e. The number of nitriles is 1. The van der Waals surface area contributed by atoms with Crippen molar-refractivity contribution in [3.63, 3.8) is 0 Å². The number of nitrogens with zero attached hydrogens (tertiary/aromatic N) is 1. The number of rotatable bonds is 10. The molecule has 4 rings (SSSR count). The van der Waals surface area contributed by atoms with E-state index in [4.69, 9.17) is 28.9 Å². The van der Waals surface area contributed by atoms with Gasteiger partial charge in [-0.3, -0.25) is 4.79 Å². The van der Waals surface area contributed by atoms with Crippen molar-refractivity contribution in [2.45, 2.75) is 98.4 Å². The first-order valence-electron chi connectivity index (χ1n) is 13.8. The van der Waals surface area contributed by atoms with E-state index >= 15 is 0 Å². The first-order valence-corrected chi connectivity index (χ1v) is 13.8. The van der Waals surface area contributed by atoms with Crippen LogP contribution in [0.1, 0.15) is 22.3 Å². The topological polar surface area (TPSA) is 289 Å². The number of Topliss-reactive ketones (excluding diaryl/α,β-unsaturated/α-hetero) is 1. The molecule has 3 fully saturated rings. The minimum atomic E-state index is -1.95. The molecule has 1 aromatic carbocycles. The van der Waals surface area contributed by atoms with Crippen molar-refractivity contribution < 1.29 is 79.5 Å². The fraction of sp³-hybridized carbons (Fsp3) is 0.704. The van der Waals surface area contributed by atoms with Crippen molar-refractivity contribution in [1.29, 1.82) is 5.26 Å². The van der Waals surface area contributed by atoms with Gasteiger partial charge in [0.2, 0.25) is 0 Å². The van der Waals surface area contributed by atoms with Gasteiger partial charge in [-0.15, -0.1) is 0 Å². The summed E-state index contributed by atoms with van der Waals surface area (Å²) in [7, 11) is 0. The van der Waals surface area contributed by atoms with Gasteiger partial charge in [-0.25, -0.2) is 0 Å². The Morgan fingerprint density at radius 2 is 1.09 bits per heavy atom. The molecule has 17 nitrogen and oxygen atoms in total. The van der Waals surface area contributed by atoms with Gasteiger partial charge in [0.1, 0.15) is 73.2 Å². The summed E-state index contributed by atoms with van der Waals surface area (Å²) in [4.78, 5) is 12.7. The van der Waals surface area contributed by atoms with Gasteiger partial charge in [-0.05, 0) is 12.1 Å². The maximum absolute atomic E-state index is 12.7. The molecule has 246 valence electrons. The molecule has 0 bridgehead atoms. The zero-order valence-electron chi connectivity index (χ0n) is 23.2. The van der Waals surface area contributed by atoms with Gasteiger partial charge in [0.25, 0.3) is 0 Å². The highest BCUT2D eigenvalue weighted by Gasteiger charge is 2.53. The van der Waals surface area contributed by atoms with Gasteiger partial charge in [0, 0.05) is 12.0 Å². The first kappa shape index (κ1) is 34.6. The van der Waals surface area contributed by atoms with Crippen LogP contribution in [0.2, 0.25) is 0 Å². The van der Waals surface area contributed by atoms with E-state index in [0.717, 1.165) is 0 Å². The lowest BCUT2D eigenvalue weighted by atomic mass is 9.91. The maximum atomic E-state index is 12.7. The van der Waals surface area contributed by atoms with Crippen LogP contribution in [-0.2, 0) is 23.7 Å². The van der Waals surface area contributed by atoms with E-state index in [9.17, 15) is 55.9 Å².